The van der Waals surface area contributed by atoms with Crippen molar-refractivity contribution in [3.05, 3.63) is 29.8 Å². The molecule has 1 fully saturated rings. The summed E-state index contributed by atoms with van der Waals surface area (Å²) in [6, 6.07) is 3.34. The molecule has 5 nitrogen and oxygen atoms in total. The first-order valence-corrected chi connectivity index (χ1v) is 7.29. The molecule has 2 aromatic rings. The van der Waals surface area contributed by atoms with Gasteiger partial charge < -0.3 is 5.11 Å². The number of carbonyl (C=O) groups is 1. The minimum Gasteiger partial charge on any atom is -0.481 e. The zero-order valence-electron chi connectivity index (χ0n) is 10.8. The minimum absolute atomic E-state index is 0.137. The molecule has 0 amide bonds. The number of rotatable bonds is 5. The van der Waals surface area contributed by atoms with Crippen LogP contribution in [0.4, 0.5) is 8.78 Å². The van der Waals surface area contributed by atoms with Gasteiger partial charge >= 0.3 is 5.97 Å². The average Bonchev–Trinajstić information content (AvgIpc) is 3.15. The van der Waals surface area contributed by atoms with Crippen molar-refractivity contribution in [3.63, 3.8) is 0 Å². The first-order chi connectivity index (χ1) is 10.0. The normalized spacial score (nSPS) is 14.4. The number of hydrogen-bond acceptors (Lipinski definition) is 4. The molecule has 21 heavy (non-hydrogen) atoms. The lowest BCUT2D eigenvalue weighted by Gasteiger charge is -2.08. The summed E-state index contributed by atoms with van der Waals surface area (Å²) < 4.78 is 28.5. The van der Waals surface area contributed by atoms with E-state index in [0.29, 0.717) is 16.5 Å². The van der Waals surface area contributed by atoms with Crippen LogP contribution in [0.15, 0.2) is 23.4 Å². The lowest BCUT2D eigenvalue weighted by molar-refractivity contribution is -0.133. The maximum Gasteiger partial charge on any atom is 0.313 e. The molecule has 110 valence electrons. The molecule has 1 aliphatic carbocycles. The smallest absolute Gasteiger partial charge is 0.313 e. The van der Waals surface area contributed by atoms with E-state index in [-0.39, 0.29) is 11.8 Å². The predicted molar refractivity (Wildman–Crippen MR) is 72.0 cm³/mol. The Labute approximate surface area is 123 Å². The van der Waals surface area contributed by atoms with Crippen LogP contribution in [0.25, 0.3) is 11.4 Å². The SMILES string of the molecule is O=C(O)CSc1nnc(-c2cc(F)cc(F)c2)n1C1CC1. The summed E-state index contributed by atoms with van der Waals surface area (Å²) in [6.45, 7) is 0. The van der Waals surface area contributed by atoms with E-state index in [0.717, 1.165) is 30.7 Å². The molecule has 3 rings (SSSR count). The van der Waals surface area contributed by atoms with Crippen molar-refractivity contribution in [1.82, 2.24) is 14.8 Å². The number of aliphatic carboxylic acids is 1. The van der Waals surface area contributed by atoms with Gasteiger partial charge in [0.15, 0.2) is 11.0 Å². The number of nitrogens with zero attached hydrogens (tertiary/aromatic N) is 3. The van der Waals surface area contributed by atoms with Crippen LogP contribution in [0.3, 0.4) is 0 Å². The molecule has 1 aromatic heterocycles. The number of thioether (sulfide) groups is 1. The van der Waals surface area contributed by atoms with Gasteiger partial charge in [0.25, 0.3) is 0 Å². The van der Waals surface area contributed by atoms with E-state index in [1.165, 1.54) is 12.1 Å². The molecule has 1 N–H and O–H groups in total. The van der Waals surface area contributed by atoms with Gasteiger partial charge in [0.1, 0.15) is 11.6 Å². The molecule has 0 atom stereocenters. The molecule has 1 saturated carbocycles. The largest absolute Gasteiger partial charge is 0.481 e. The molecule has 0 unspecified atom stereocenters. The van der Waals surface area contributed by atoms with Gasteiger partial charge in [-0.2, -0.15) is 0 Å². The fourth-order valence-electron chi connectivity index (χ4n) is 2.04. The third-order valence-corrected chi connectivity index (χ3v) is 3.95. The van der Waals surface area contributed by atoms with Crippen molar-refractivity contribution >= 4 is 17.7 Å². The van der Waals surface area contributed by atoms with E-state index in [9.17, 15) is 13.6 Å². The standard InChI is InChI=1S/C13H11F2N3O2S/c14-8-3-7(4-9(15)5-8)12-16-17-13(21-6-11(19)20)18(12)10-1-2-10/h3-5,10H,1-2,6H2,(H,19,20). The zero-order chi connectivity index (χ0) is 15.0. The summed E-state index contributed by atoms with van der Waals surface area (Å²) in [7, 11) is 0. The van der Waals surface area contributed by atoms with E-state index < -0.39 is 17.6 Å². The van der Waals surface area contributed by atoms with Crippen molar-refractivity contribution in [2.24, 2.45) is 0 Å². The second kappa shape index (κ2) is 5.44. The summed E-state index contributed by atoms with van der Waals surface area (Å²) in [5.41, 5.74) is 0.300. The van der Waals surface area contributed by atoms with Crippen LogP contribution < -0.4 is 0 Å². The van der Waals surface area contributed by atoms with Gasteiger partial charge in [0.2, 0.25) is 0 Å². The number of carboxylic acids is 1. The molecular formula is C13H11F2N3O2S. The quantitative estimate of drug-likeness (QED) is 0.860. The third-order valence-electron chi connectivity index (χ3n) is 3.02. The lowest BCUT2D eigenvalue weighted by Crippen LogP contribution is -2.03. The summed E-state index contributed by atoms with van der Waals surface area (Å²) >= 11 is 1.05. The van der Waals surface area contributed by atoms with Crippen LogP contribution in [-0.4, -0.2) is 31.6 Å². The van der Waals surface area contributed by atoms with E-state index in [1.54, 1.807) is 4.57 Å². The van der Waals surface area contributed by atoms with Crippen LogP contribution in [0, 0.1) is 11.6 Å². The molecule has 1 heterocycles. The predicted octanol–water partition coefficient (Wildman–Crippen LogP) is 2.73. The van der Waals surface area contributed by atoms with E-state index in [4.69, 9.17) is 5.11 Å². The Balaban J connectivity index is 2.00. The van der Waals surface area contributed by atoms with Gasteiger partial charge in [0.05, 0.1) is 5.75 Å². The maximum atomic E-state index is 13.3. The van der Waals surface area contributed by atoms with Crippen LogP contribution in [-0.2, 0) is 4.79 Å². The first-order valence-electron chi connectivity index (χ1n) is 6.30. The van der Waals surface area contributed by atoms with E-state index in [1.807, 2.05) is 0 Å². The number of carboxylic acid groups (broad SMARTS) is 1. The zero-order valence-corrected chi connectivity index (χ0v) is 11.6. The van der Waals surface area contributed by atoms with Crippen LogP contribution in [0.5, 0.6) is 0 Å². The van der Waals surface area contributed by atoms with Crippen LogP contribution in [0.1, 0.15) is 18.9 Å². The number of halogens is 2. The number of hydrogen-bond donors (Lipinski definition) is 1. The van der Waals surface area contributed by atoms with Crippen LogP contribution >= 0.6 is 11.8 Å². The Morgan fingerprint density at radius 1 is 1.29 bits per heavy atom. The number of benzene rings is 1. The van der Waals surface area contributed by atoms with Gasteiger partial charge in [-0.05, 0) is 25.0 Å². The molecule has 1 aliphatic rings. The monoisotopic (exact) mass is 311 g/mol. The molecule has 0 bridgehead atoms. The van der Waals surface area contributed by atoms with Gasteiger partial charge in [-0.1, -0.05) is 11.8 Å². The summed E-state index contributed by atoms with van der Waals surface area (Å²) in [4.78, 5) is 10.7. The van der Waals surface area contributed by atoms with Crippen molar-refractivity contribution in [1.29, 1.82) is 0 Å². The Kier molecular flexibility index (Phi) is 3.62. The van der Waals surface area contributed by atoms with E-state index in [2.05, 4.69) is 10.2 Å². The fraction of sp³-hybridized carbons (Fsp3) is 0.308. The summed E-state index contributed by atoms with van der Waals surface area (Å²) in [5.74, 6) is -2.10. The highest BCUT2D eigenvalue weighted by molar-refractivity contribution is 7.99. The molecular weight excluding hydrogens is 300 g/mol. The highest BCUT2D eigenvalue weighted by Crippen LogP contribution is 2.41. The van der Waals surface area contributed by atoms with E-state index >= 15 is 0 Å². The second-order valence-electron chi connectivity index (χ2n) is 4.75. The Bertz CT molecular complexity index is 680. The van der Waals surface area contributed by atoms with Crippen molar-refractivity contribution in [2.45, 2.75) is 24.0 Å². The van der Waals surface area contributed by atoms with Gasteiger partial charge in [-0.15, -0.1) is 10.2 Å². The third kappa shape index (κ3) is 3.05. The minimum atomic E-state index is -0.955. The Hall–Kier alpha value is -1.96. The van der Waals surface area contributed by atoms with Crippen molar-refractivity contribution in [3.8, 4) is 11.4 Å². The van der Waals surface area contributed by atoms with Crippen molar-refractivity contribution in [2.75, 3.05) is 5.75 Å². The van der Waals surface area contributed by atoms with Crippen molar-refractivity contribution < 1.29 is 18.7 Å². The first kappa shape index (κ1) is 14.0. The number of aromatic nitrogens is 3. The highest BCUT2D eigenvalue weighted by atomic mass is 32.2. The molecule has 1 aromatic carbocycles. The maximum absolute atomic E-state index is 13.3. The fourth-order valence-corrected chi connectivity index (χ4v) is 2.77. The van der Waals surface area contributed by atoms with Gasteiger partial charge in [-0.25, -0.2) is 8.78 Å². The highest BCUT2D eigenvalue weighted by Gasteiger charge is 2.30. The van der Waals surface area contributed by atoms with Crippen LogP contribution in [0.2, 0.25) is 0 Å². The molecule has 0 radical (unpaired) electrons. The lowest BCUT2D eigenvalue weighted by atomic mass is 10.2. The Morgan fingerprint density at radius 3 is 2.52 bits per heavy atom. The summed E-state index contributed by atoms with van der Waals surface area (Å²) in [6.07, 6.45) is 1.84. The van der Waals surface area contributed by atoms with Gasteiger partial charge in [-0.3, -0.25) is 9.36 Å². The topological polar surface area (TPSA) is 68.0 Å². The summed E-state index contributed by atoms with van der Waals surface area (Å²) in [5, 5.41) is 17.1. The van der Waals surface area contributed by atoms with Gasteiger partial charge in [0, 0.05) is 17.7 Å². The molecule has 0 aliphatic heterocycles. The molecule has 0 spiro atoms. The average molecular weight is 311 g/mol. The molecule has 0 saturated heterocycles. The Morgan fingerprint density at radius 2 is 1.95 bits per heavy atom. The molecule has 8 heteroatoms. The second-order valence-corrected chi connectivity index (χ2v) is 5.69.